The summed E-state index contributed by atoms with van der Waals surface area (Å²) in [5.41, 5.74) is 1.36. The van der Waals surface area contributed by atoms with Gasteiger partial charge in [0.15, 0.2) is 0 Å². The Morgan fingerprint density at radius 2 is 1.74 bits per heavy atom. The second kappa shape index (κ2) is 9.08. The second-order valence-corrected chi connectivity index (χ2v) is 8.52. The Balaban J connectivity index is 1.61. The van der Waals surface area contributed by atoms with Gasteiger partial charge in [0.05, 0.1) is 10.1 Å². The molecule has 2 aromatic carbocycles. The van der Waals surface area contributed by atoms with Crippen LogP contribution < -0.4 is 10.6 Å². The first-order chi connectivity index (χ1) is 13.0. The first-order valence-corrected chi connectivity index (χ1v) is 10.3. The van der Waals surface area contributed by atoms with Crippen LogP contribution in [0.25, 0.3) is 0 Å². The molecule has 27 heavy (non-hydrogen) atoms. The number of anilines is 2. The highest BCUT2D eigenvalue weighted by Gasteiger charge is 2.15. The smallest absolute Gasteiger partial charge is 0.265 e. The fourth-order valence-electron chi connectivity index (χ4n) is 2.32. The number of thioether (sulfide) groups is 1. The van der Waals surface area contributed by atoms with E-state index >= 15 is 0 Å². The highest BCUT2D eigenvalue weighted by Crippen LogP contribution is 2.27. The van der Waals surface area contributed by atoms with Crippen molar-refractivity contribution in [1.82, 2.24) is 0 Å². The van der Waals surface area contributed by atoms with Crippen molar-refractivity contribution >= 4 is 57.9 Å². The molecule has 2 amide bonds. The number of carbonyl (C=O) groups is 2. The molecule has 1 atom stereocenters. The summed E-state index contributed by atoms with van der Waals surface area (Å²) in [4.78, 5) is 26.1. The molecule has 0 bridgehead atoms. The number of benzene rings is 2. The van der Waals surface area contributed by atoms with Crippen LogP contribution in [0.15, 0.2) is 70.9 Å². The lowest BCUT2D eigenvalue weighted by molar-refractivity contribution is -0.115. The fraction of sp³-hybridized carbons (Fsp3) is 0.100. The largest absolute Gasteiger partial charge is 0.325 e. The van der Waals surface area contributed by atoms with E-state index < -0.39 is 0 Å². The van der Waals surface area contributed by atoms with Gasteiger partial charge >= 0.3 is 0 Å². The SMILES string of the molecule is CC(Sc1cccc(NC(=O)c2cccs2)c1)C(=O)Nc1cccc(Cl)c1. The molecule has 0 aliphatic rings. The van der Waals surface area contributed by atoms with Crippen LogP contribution in [0.1, 0.15) is 16.6 Å². The molecule has 0 fully saturated rings. The first-order valence-electron chi connectivity index (χ1n) is 8.19. The zero-order valence-corrected chi connectivity index (χ0v) is 16.8. The molecule has 4 nitrogen and oxygen atoms in total. The minimum Gasteiger partial charge on any atom is -0.325 e. The first kappa shape index (κ1) is 19.5. The van der Waals surface area contributed by atoms with E-state index in [9.17, 15) is 9.59 Å². The van der Waals surface area contributed by atoms with Crippen molar-refractivity contribution in [2.45, 2.75) is 17.1 Å². The summed E-state index contributed by atoms with van der Waals surface area (Å²) in [6.07, 6.45) is 0. The molecule has 7 heteroatoms. The van der Waals surface area contributed by atoms with Crippen molar-refractivity contribution in [3.8, 4) is 0 Å². The van der Waals surface area contributed by atoms with E-state index in [2.05, 4.69) is 10.6 Å². The van der Waals surface area contributed by atoms with E-state index in [1.165, 1.54) is 23.1 Å². The summed E-state index contributed by atoms with van der Waals surface area (Å²) in [7, 11) is 0. The monoisotopic (exact) mass is 416 g/mol. The molecule has 138 valence electrons. The highest BCUT2D eigenvalue weighted by atomic mass is 35.5. The van der Waals surface area contributed by atoms with Gasteiger partial charge in [-0.1, -0.05) is 29.8 Å². The van der Waals surface area contributed by atoms with Gasteiger partial charge in [0.25, 0.3) is 5.91 Å². The van der Waals surface area contributed by atoms with Crippen molar-refractivity contribution < 1.29 is 9.59 Å². The Kier molecular flexibility index (Phi) is 6.55. The lowest BCUT2D eigenvalue weighted by Crippen LogP contribution is -2.22. The third-order valence-corrected chi connectivity index (χ3v) is 5.81. The van der Waals surface area contributed by atoms with Crippen LogP contribution in [0.5, 0.6) is 0 Å². The number of thiophene rings is 1. The van der Waals surface area contributed by atoms with Gasteiger partial charge in [0, 0.05) is 21.3 Å². The van der Waals surface area contributed by atoms with Crippen molar-refractivity contribution in [1.29, 1.82) is 0 Å². The Labute approximate surface area is 170 Å². The summed E-state index contributed by atoms with van der Waals surface area (Å²) in [5.74, 6) is -0.255. The number of halogens is 1. The molecule has 0 radical (unpaired) electrons. The van der Waals surface area contributed by atoms with E-state index in [1.807, 2.05) is 42.6 Å². The van der Waals surface area contributed by atoms with Crippen LogP contribution in [0.3, 0.4) is 0 Å². The van der Waals surface area contributed by atoms with Crippen LogP contribution in [-0.2, 0) is 4.79 Å². The number of rotatable bonds is 6. The molecule has 0 aliphatic heterocycles. The van der Waals surface area contributed by atoms with Crippen LogP contribution in [-0.4, -0.2) is 17.1 Å². The van der Waals surface area contributed by atoms with E-state index in [1.54, 1.807) is 30.3 Å². The van der Waals surface area contributed by atoms with E-state index in [0.29, 0.717) is 21.3 Å². The summed E-state index contributed by atoms with van der Waals surface area (Å²) < 4.78 is 0. The Morgan fingerprint density at radius 1 is 1.00 bits per heavy atom. The molecule has 1 heterocycles. The highest BCUT2D eigenvalue weighted by molar-refractivity contribution is 8.00. The Hall–Kier alpha value is -2.28. The molecule has 0 spiro atoms. The van der Waals surface area contributed by atoms with Gasteiger partial charge in [-0.05, 0) is 54.8 Å². The number of nitrogens with one attached hydrogen (secondary N) is 2. The summed E-state index contributed by atoms with van der Waals surface area (Å²) >= 11 is 8.75. The van der Waals surface area contributed by atoms with Gasteiger partial charge in [-0.15, -0.1) is 23.1 Å². The minimum atomic E-state index is -0.313. The normalized spacial score (nSPS) is 11.6. The molecule has 1 aromatic heterocycles. The molecule has 0 saturated carbocycles. The summed E-state index contributed by atoms with van der Waals surface area (Å²) in [6, 6.07) is 18.1. The summed E-state index contributed by atoms with van der Waals surface area (Å²) in [5, 5.41) is 7.85. The van der Waals surface area contributed by atoms with Crippen LogP contribution >= 0.6 is 34.7 Å². The maximum Gasteiger partial charge on any atom is 0.265 e. The maximum absolute atomic E-state index is 12.4. The zero-order valence-electron chi connectivity index (χ0n) is 14.4. The standard InChI is InChI=1S/C20H17ClN2O2S2/c1-13(19(24)22-15-6-2-5-14(21)11-15)27-17-8-3-7-16(12-17)23-20(25)18-9-4-10-26-18/h2-13H,1H3,(H,22,24)(H,23,25). The molecule has 1 unspecified atom stereocenters. The van der Waals surface area contributed by atoms with Crippen molar-refractivity contribution in [2.24, 2.45) is 0 Å². The van der Waals surface area contributed by atoms with Crippen LogP contribution in [0.4, 0.5) is 11.4 Å². The van der Waals surface area contributed by atoms with Gasteiger partial charge in [-0.3, -0.25) is 9.59 Å². The van der Waals surface area contributed by atoms with E-state index in [-0.39, 0.29) is 17.1 Å². The average Bonchev–Trinajstić information content (AvgIpc) is 3.17. The fourth-order valence-corrected chi connectivity index (χ4v) is 4.05. The lowest BCUT2D eigenvalue weighted by Gasteiger charge is -2.13. The summed E-state index contributed by atoms with van der Waals surface area (Å²) in [6.45, 7) is 1.83. The quantitative estimate of drug-likeness (QED) is 0.501. The van der Waals surface area contributed by atoms with Crippen molar-refractivity contribution in [3.63, 3.8) is 0 Å². The number of amides is 2. The lowest BCUT2D eigenvalue weighted by atomic mass is 10.3. The topological polar surface area (TPSA) is 58.2 Å². The van der Waals surface area contributed by atoms with Gasteiger partial charge in [0.1, 0.15) is 0 Å². The van der Waals surface area contributed by atoms with Crippen molar-refractivity contribution in [3.05, 3.63) is 75.9 Å². The predicted molar refractivity (Wildman–Crippen MR) is 114 cm³/mol. The third-order valence-electron chi connectivity index (χ3n) is 3.61. The van der Waals surface area contributed by atoms with Gasteiger partial charge in [-0.2, -0.15) is 0 Å². The van der Waals surface area contributed by atoms with E-state index in [0.717, 1.165) is 4.90 Å². The van der Waals surface area contributed by atoms with E-state index in [4.69, 9.17) is 11.6 Å². The van der Waals surface area contributed by atoms with Gasteiger partial charge < -0.3 is 10.6 Å². The molecular formula is C20H17ClN2O2S2. The maximum atomic E-state index is 12.4. The average molecular weight is 417 g/mol. The van der Waals surface area contributed by atoms with Crippen LogP contribution in [0, 0.1) is 0 Å². The Bertz CT molecular complexity index is 945. The minimum absolute atomic E-state index is 0.115. The molecular weight excluding hydrogens is 400 g/mol. The number of carbonyl (C=O) groups excluding carboxylic acids is 2. The molecule has 3 rings (SSSR count). The number of hydrogen-bond donors (Lipinski definition) is 2. The Morgan fingerprint density at radius 3 is 2.44 bits per heavy atom. The molecule has 0 aliphatic carbocycles. The molecule has 3 aromatic rings. The molecule has 2 N–H and O–H groups in total. The zero-order chi connectivity index (χ0) is 19.2. The number of hydrogen-bond acceptors (Lipinski definition) is 4. The van der Waals surface area contributed by atoms with Gasteiger partial charge in [-0.25, -0.2) is 0 Å². The predicted octanol–water partition coefficient (Wildman–Crippen LogP) is 5.77. The molecule has 0 saturated heterocycles. The van der Waals surface area contributed by atoms with Crippen LogP contribution in [0.2, 0.25) is 5.02 Å². The van der Waals surface area contributed by atoms with Crippen molar-refractivity contribution in [2.75, 3.05) is 10.6 Å². The third kappa shape index (κ3) is 5.60. The second-order valence-electron chi connectivity index (χ2n) is 5.72. The van der Waals surface area contributed by atoms with Gasteiger partial charge in [0.2, 0.25) is 5.91 Å².